The highest BCUT2D eigenvalue weighted by Gasteiger charge is 1.98. The van der Waals surface area contributed by atoms with Crippen LogP contribution in [0.15, 0.2) is 6.20 Å². The summed E-state index contributed by atoms with van der Waals surface area (Å²) in [5, 5.41) is 8.43. The molecule has 0 aliphatic heterocycles. The molecule has 0 aliphatic rings. The van der Waals surface area contributed by atoms with Gasteiger partial charge in [0.1, 0.15) is 11.9 Å². The Labute approximate surface area is 58.3 Å². The van der Waals surface area contributed by atoms with Gasteiger partial charge >= 0.3 is 0 Å². The number of aromatic nitrogens is 2. The van der Waals surface area contributed by atoms with Crippen LogP contribution in [0.1, 0.15) is 11.4 Å². The molecule has 50 valence electrons. The van der Waals surface area contributed by atoms with Crippen molar-refractivity contribution in [3.8, 4) is 6.07 Å². The van der Waals surface area contributed by atoms with E-state index in [2.05, 4.69) is 9.97 Å². The van der Waals surface area contributed by atoms with Gasteiger partial charge in [0.15, 0.2) is 5.69 Å². The van der Waals surface area contributed by atoms with Crippen LogP contribution in [0.5, 0.6) is 0 Å². The van der Waals surface area contributed by atoms with Gasteiger partial charge in [0.25, 0.3) is 0 Å². The fraction of sp³-hybridized carbons (Fsp3) is 0.167. The van der Waals surface area contributed by atoms with Gasteiger partial charge in [-0.25, -0.2) is 4.98 Å². The van der Waals surface area contributed by atoms with E-state index in [9.17, 15) is 0 Å². The molecule has 1 heterocycles. The second kappa shape index (κ2) is 2.31. The smallest absolute Gasteiger partial charge is 0.164 e. The Morgan fingerprint density at radius 1 is 1.70 bits per heavy atom. The highest BCUT2D eigenvalue weighted by molar-refractivity contribution is 5.33. The molecule has 0 fully saturated rings. The third-order valence-corrected chi connectivity index (χ3v) is 1.08. The summed E-state index contributed by atoms with van der Waals surface area (Å²) < 4.78 is 0. The van der Waals surface area contributed by atoms with Gasteiger partial charge < -0.3 is 5.73 Å². The molecule has 10 heavy (non-hydrogen) atoms. The van der Waals surface area contributed by atoms with E-state index in [0.717, 1.165) is 0 Å². The van der Waals surface area contributed by atoms with Crippen LogP contribution >= 0.6 is 0 Å². The number of rotatable bonds is 0. The molecule has 0 aromatic carbocycles. The Bertz CT molecular complexity index is 286. The number of anilines is 1. The maximum Gasteiger partial charge on any atom is 0.164 e. The maximum absolute atomic E-state index is 8.43. The molecular weight excluding hydrogens is 128 g/mol. The summed E-state index contributed by atoms with van der Waals surface area (Å²) in [6.45, 7) is 1.71. The van der Waals surface area contributed by atoms with Crippen LogP contribution in [-0.4, -0.2) is 9.97 Å². The fourth-order valence-electron chi connectivity index (χ4n) is 0.569. The highest BCUT2D eigenvalue weighted by Crippen LogP contribution is 2.00. The molecule has 0 saturated carbocycles. The molecule has 0 saturated heterocycles. The van der Waals surface area contributed by atoms with Crippen LogP contribution in [0.2, 0.25) is 0 Å². The lowest BCUT2D eigenvalue weighted by Gasteiger charge is -1.94. The summed E-state index contributed by atoms with van der Waals surface area (Å²) in [5.41, 5.74) is 6.18. The van der Waals surface area contributed by atoms with E-state index in [1.807, 2.05) is 6.07 Å². The average molecular weight is 134 g/mol. The van der Waals surface area contributed by atoms with Crippen molar-refractivity contribution in [2.24, 2.45) is 0 Å². The molecule has 0 atom stereocenters. The van der Waals surface area contributed by atoms with Gasteiger partial charge in [-0.3, -0.25) is 4.98 Å². The number of hydrogen-bond acceptors (Lipinski definition) is 4. The molecule has 1 aromatic rings. The summed E-state index contributed by atoms with van der Waals surface area (Å²) in [5.74, 6) is 0.280. The molecule has 0 unspecified atom stereocenters. The van der Waals surface area contributed by atoms with Gasteiger partial charge in [0, 0.05) is 0 Å². The Balaban J connectivity index is 3.25. The van der Waals surface area contributed by atoms with Crippen LogP contribution in [0, 0.1) is 18.3 Å². The van der Waals surface area contributed by atoms with Crippen LogP contribution in [0.25, 0.3) is 0 Å². The van der Waals surface area contributed by atoms with Gasteiger partial charge in [-0.15, -0.1) is 0 Å². The monoisotopic (exact) mass is 134 g/mol. The van der Waals surface area contributed by atoms with Crippen molar-refractivity contribution in [3.05, 3.63) is 17.6 Å². The quantitative estimate of drug-likeness (QED) is 0.551. The van der Waals surface area contributed by atoms with Gasteiger partial charge in [-0.1, -0.05) is 0 Å². The summed E-state index contributed by atoms with van der Waals surface area (Å²) in [7, 11) is 0. The topological polar surface area (TPSA) is 75.6 Å². The predicted molar refractivity (Wildman–Crippen MR) is 35.9 cm³/mol. The lowest BCUT2D eigenvalue weighted by atomic mass is 10.3. The van der Waals surface area contributed by atoms with Crippen molar-refractivity contribution in [1.82, 2.24) is 9.97 Å². The van der Waals surface area contributed by atoms with E-state index in [1.165, 1.54) is 6.20 Å². The van der Waals surface area contributed by atoms with E-state index in [4.69, 9.17) is 11.0 Å². The Hall–Kier alpha value is -1.63. The van der Waals surface area contributed by atoms with Crippen LogP contribution in [0.3, 0.4) is 0 Å². The van der Waals surface area contributed by atoms with Gasteiger partial charge in [-0.2, -0.15) is 5.26 Å². The van der Waals surface area contributed by atoms with Crippen molar-refractivity contribution in [3.63, 3.8) is 0 Å². The summed E-state index contributed by atoms with van der Waals surface area (Å²) in [6.07, 6.45) is 1.43. The van der Waals surface area contributed by atoms with Crippen LogP contribution < -0.4 is 5.73 Å². The van der Waals surface area contributed by atoms with Crippen molar-refractivity contribution in [2.45, 2.75) is 6.92 Å². The Morgan fingerprint density at radius 2 is 2.40 bits per heavy atom. The van der Waals surface area contributed by atoms with Gasteiger partial charge in [-0.05, 0) is 6.92 Å². The van der Waals surface area contributed by atoms with Crippen molar-refractivity contribution < 1.29 is 0 Å². The first kappa shape index (κ1) is 6.49. The third kappa shape index (κ3) is 1.03. The Morgan fingerprint density at radius 3 is 2.90 bits per heavy atom. The molecule has 4 nitrogen and oxygen atoms in total. The summed E-state index contributed by atoms with van der Waals surface area (Å²) >= 11 is 0. The largest absolute Gasteiger partial charge is 0.382 e. The fourth-order valence-corrected chi connectivity index (χ4v) is 0.569. The second-order valence-corrected chi connectivity index (χ2v) is 1.84. The molecule has 1 rings (SSSR count). The lowest BCUT2D eigenvalue weighted by Crippen LogP contribution is -1.97. The van der Waals surface area contributed by atoms with E-state index >= 15 is 0 Å². The zero-order chi connectivity index (χ0) is 7.56. The first-order valence-corrected chi connectivity index (χ1v) is 2.73. The molecule has 4 heteroatoms. The average Bonchev–Trinajstić information content (AvgIpc) is 1.94. The van der Waals surface area contributed by atoms with Gasteiger partial charge in [0.05, 0.1) is 11.9 Å². The zero-order valence-corrected chi connectivity index (χ0v) is 5.50. The van der Waals surface area contributed by atoms with E-state index in [0.29, 0.717) is 11.4 Å². The lowest BCUT2D eigenvalue weighted by molar-refractivity contribution is 1.09. The molecule has 0 radical (unpaired) electrons. The van der Waals surface area contributed by atoms with E-state index in [-0.39, 0.29) is 5.82 Å². The molecule has 2 N–H and O–H groups in total. The minimum atomic E-state index is 0.280. The van der Waals surface area contributed by atoms with Crippen LogP contribution in [-0.2, 0) is 0 Å². The number of aryl methyl sites for hydroxylation is 1. The molecule has 1 aromatic heterocycles. The highest BCUT2D eigenvalue weighted by atomic mass is 14.9. The minimum Gasteiger partial charge on any atom is -0.382 e. The number of nitrogens with zero attached hydrogens (tertiary/aromatic N) is 3. The van der Waals surface area contributed by atoms with Crippen molar-refractivity contribution >= 4 is 5.82 Å². The SMILES string of the molecule is Cc1ncc(N)nc1C#N. The first-order valence-electron chi connectivity index (χ1n) is 2.73. The summed E-state index contributed by atoms with van der Waals surface area (Å²) in [6, 6.07) is 1.88. The zero-order valence-electron chi connectivity index (χ0n) is 5.50. The molecule has 0 spiro atoms. The number of nitrogen functional groups attached to an aromatic ring is 1. The number of nitrogens with two attached hydrogens (primary N) is 1. The normalized spacial score (nSPS) is 8.80. The van der Waals surface area contributed by atoms with Crippen molar-refractivity contribution in [1.29, 1.82) is 5.26 Å². The number of nitriles is 1. The minimum absolute atomic E-state index is 0.280. The first-order chi connectivity index (χ1) is 4.74. The van der Waals surface area contributed by atoms with E-state index in [1.54, 1.807) is 6.92 Å². The second-order valence-electron chi connectivity index (χ2n) is 1.84. The Kier molecular flexibility index (Phi) is 1.50. The van der Waals surface area contributed by atoms with Gasteiger partial charge in [0.2, 0.25) is 0 Å². The van der Waals surface area contributed by atoms with Crippen LogP contribution in [0.4, 0.5) is 5.82 Å². The van der Waals surface area contributed by atoms with E-state index < -0.39 is 0 Å². The molecule has 0 bridgehead atoms. The standard InChI is InChI=1S/C6H6N4/c1-4-5(2-7)10-6(8)3-9-4/h3H,1H3,(H2,8,10). The molecule has 0 aliphatic carbocycles. The molecule has 0 amide bonds. The van der Waals surface area contributed by atoms with Crippen molar-refractivity contribution in [2.75, 3.05) is 5.73 Å². The molecular formula is C6H6N4. The predicted octanol–water partition coefficient (Wildman–Crippen LogP) is 0.239. The number of hydrogen-bond donors (Lipinski definition) is 1. The summed E-state index contributed by atoms with van der Waals surface area (Å²) in [4.78, 5) is 7.58. The maximum atomic E-state index is 8.43. The third-order valence-electron chi connectivity index (χ3n) is 1.08.